The molecule has 0 aliphatic rings. The Bertz CT molecular complexity index is 726. The molecule has 0 saturated heterocycles. The second-order valence-corrected chi connectivity index (χ2v) is 5.24. The highest BCUT2D eigenvalue weighted by atomic mass is 16.5. The lowest BCUT2D eigenvalue weighted by atomic mass is 10.2. The molecule has 5 heteroatoms. The van der Waals surface area contributed by atoms with Crippen molar-refractivity contribution in [2.24, 2.45) is 4.99 Å². The molecule has 0 aromatic heterocycles. The molecule has 0 atom stereocenters. The Morgan fingerprint density at radius 3 is 2.79 bits per heavy atom. The minimum atomic E-state index is -0.130. The van der Waals surface area contributed by atoms with Crippen LogP contribution in [0.5, 0.6) is 11.5 Å². The van der Waals surface area contributed by atoms with Crippen LogP contribution < -0.4 is 10.1 Å². The van der Waals surface area contributed by atoms with Crippen molar-refractivity contribution in [3.05, 3.63) is 53.6 Å². The lowest BCUT2D eigenvalue weighted by molar-refractivity contribution is 0.0956. The van der Waals surface area contributed by atoms with Gasteiger partial charge in [0.2, 0.25) is 0 Å². The summed E-state index contributed by atoms with van der Waals surface area (Å²) in [4.78, 5) is 16.2. The van der Waals surface area contributed by atoms with Crippen molar-refractivity contribution < 1.29 is 14.6 Å². The largest absolute Gasteiger partial charge is 0.507 e. The second kappa shape index (κ2) is 8.72. The smallest absolute Gasteiger partial charge is 0.251 e. The molecule has 2 aromatic rings. The van der Waals surface area contributed by atoms with E-state index < -0.39 is 0 Å². The summed E-state index contributed by atoms with van der Waals surface area (Å²) in [6, 6.07) is 12.1. The van der Waals surface area contributed by atoms with E-state index in [0.717, 1.165) is 6.42 Å². The molecular weight excluding hydrogens is 304 g/mol. The number of carbonyl (C=O) groups is 1. The molecule has 0 heterocycles. The average Bonchev–Trinajstić information content (AvgIpc) is 2.59. The molecular formula is C19H22N2O3. The van der Waals surface area contributed by atoms with Crippen LogP contribution in [-0.2, 0) is 0 Å². The van der Waals surface area contributed by atoms with Crippen LogP contribution in [0, 0.1) is 0 Å². The van der Waals surface area contributed by atoms with Crippen LogP contribution in [0.3, 0.4) is 0 Å². The summed E-state index contributed by atoms with van der Waals surface area (Å²) >= 11 is 0. The number of hydrogen-bond acceptors (Lipinski definition) is 4. The molecule has 5 nitrogen and oxygen atoms in total. The summed E-state index contributed by atoms with van der Waals surface area (Å²) in [6.07, 6.45) is 2.47. The van der Waals surface area contributed by atoms with Crippen molar-refractivity contribution in [2.45, 2.75) is 20.3 Å². The third-order valence-electron chi connectivity index (χ3n) is 3.27. The van der Waals surface area contributed by atoms with E-state index in [4.69, 9.17) is 4.74 Å². The molecule has 126 valence electrons. The third-order valence-corrected chi connectivity index (χ3v) is 3.27. The monoisotopic (exact) mass is 326 g/mol. The zero-order valence-electron chi connectivity index (χ0n) is 14.0. The number of aliphatic imine (C=N–C) groups is 1. The number of nitrogens with one attached hydrogen (secondary N) is 1. The maximum absolute atomic E-state index is 11.8. The van der Waals surface area contributed by atoms with Gasteiger partial charge < -0.3 is 15.2 Å². The van der Waals surface area contributed by atoms with Crippen LogP contribution in [0.25, 0.3) is 0 Å². The van der Waals surface area contributed by atoms with Gasteiger partial charge in [0.1, 0.15) is 11.5 Å². The van der Waals surface area contributed by atoms with E-state index in [1.807, 2.05) is 13.8 Å². The molecule has 0 spiro atoms. The van der Waals surface area contributed by atoms with Gasteiger partial charge in [-0.2, -0.15) is 0 Å². The van der Waals surface area contributed by atoms with Gasteiger partial charge in [0.15, 0.2) is 0 Å². The van der Waals surface area contributed by atoms with E-state index in [-0.39, 0.29) is 11.7 Å². The van der Waals surface area contributed by atoms with E-state index in [1.165, 1.54) is 0 Å². The number of phenolic OH excluding ortho intramolecular Hbond substituents is 1. The Labute approximate surface area is 142 Å². The number of benzene rings is 2. The first-order chi connectivity index (χ1) is 11.6. The molecule has 0 aliphatic carbocycles. The highest BCUT2D eigenvalue weighted by Crippen LogP contribution is 2.23. The van der Waals surface area contributed by atoms with Crippen LogP contribution in [0.1, 0.15) is 36.2 Å². The van der Waals surface area contributed by atoms with Gasteiger partial charge in [0.25, 0.3) is 5.91 Å². The second-order valence-electron chi connectivity index (χ2n) is 5.24. The highest BCUT2D eigenvalue weighted by Gasteiger charge is 2.05. The predicted octanol–water partition coefficient (Wildman–Crippen LogP) is 3.68. The number of carbonyl (C=O) groups excluding carboxylic acids is 1. The van der Waals surface area contributed by atoms with E-state index in [2.05, 4.69) is 10.3 Å². The topological polar surface area (TPSA) is 70.9 Å². The van der Waals surface area contributed by atoms with E-state index in [1.54, 1.807) is 48.7 Å². The van der Waals surface area contributed by atoms with Gasteiger partial charge in [0.05, 0.1) is 12.3 Å². The van der Waals surface area contributed by atoms with E-state index in [0.29, 0.717) is 35.7 Å². The van der Waals surface area contributed by atoms with Crippen LogP contribution in [0.2, 0.25) is 0 Å². The first kappa shape index (κ1) is 17.5. The molecule has 0 aliphatic heterocycles. The molecule has 2 aromatic carbocycles. The Morgan fingerprint density at radius 2 is 2.08 bits per heavy atom. The molecule has 0 saturated carbocycles. The van der Waals surface area contributed by atoms with Gasteiger partial charge in [-0.1, -0.05) is 13.0 Å². The number of rotatable bonds is 7. The van der Waals surface area contributed by atoms with Gasteiger partial charge in [-0.25, -0.2) is 0 Å². The molecule has 0 radical (unpaired) electrons. The molecule has 0 bridgehead atoms. The molecule has 2 N–H and O–H groups in total. The van der Waals surface area contributed by atoms with Crippen molar-refractivity contribution in [3.8, 4) is 11.5 Å². The standard InChI is InChI=1S/C19H22N2O3/c1-3-10-24-17-9-8-15(18(22)12-17)13-21-16-7-5-6-14(11-16)19(23)20-4-2/h5-9,11-13,22H,3-4,10H2,1-2H3,(H,20,23). The SMILES string of the molecule is CCCOc1ccc(C=Nc2cccc(C(=O)NCC)c2)c(O)c1. The summed E-state index contributed by atoms with van der Waals surface area (Å²) in [5.41, 5.74) is 1.78. The molecule has 24 heavy (non-hydrogen) atoms. The van der Waals surface area contributed by atoms with Gasteiger partial charge >= 0.3 is 0 Å². The first-order valence-electron chi connectivity index (χ1n) is 8.02. The van der Waals surface area contributed by atoms with Crippen molar-refractivity contribution in [2.75, 3.05) is 13.2 Å². The summed E-state index contributed by atoms with van der Waals surface area (Å²) in [7, 11) is 0. The van der Waals surface area contributed by atoms with Crippen LogP contribution in [0.4, 0.5) is 5.69 Å². The maximum atomic E-state index is 11.8. The Kier molecular flexibility index (Phi) is 6.37. The van der Waals surface area contributed by atoms with Crippen molar-refractivity contribution >= 4 is 17.8 Å². The van der Waals surface area contributed by atoms with Crippen LogP contribution >= 0.6 is 0 Å². The zero-order valence-corrected chi connectivity index (χ0v) is 14.0. The van der Waals surface area contributed by atoms with E-state index in [9.17, 15) is 9.90 Å². The number of hydrogen-bond donors (Lipinski definition) is 2. The lowest BCUT2D eigenvalue weighted by Crippen LogP contribution is -2.22. The highest BCUT2D eigenvalue weighted by molar-refractivity contribution is 5.95. The Morgan fingerprint density at radius 1 is 1.25 bits per heavy atom. The fraction of sp³-hybridized carbons (Fsp3) is 0.263. The van der Waals surface area contributed by atoms with Crippen LogP contribution in [-0.4, -0.2) is 30.4 Å². The Hall–Kier alpha value is -2.82. The van der Waals surface area contributed by atoms with Gasteiger partial charge in [0, 0.05) is 30.0 Å². The minimum absolute atomic E-state index is 0.104. The fourth-order valence-corrected chi connectivity index (χ4v) is 2.08. The Balaban J connectivity index is 2.13. The minimum Gasteiger partial charge on any atom is -0.507 e. The van der Waals surface area contributed by atoms with E-state index >= 15 is 0 Å². The zero-order chi connectivity index (χ0) is 17.4. The van der Waals surface area contributed by atoms with Gasteiger partial charge in [-0.3, -0.25) is 9.79 Å². The van der Waals surface area contributed by atoms with Crippen molar-refractivity contribution in [3.63, 3.8) is 0 Å². The number of aromatic hydroxyl groups is 1. The lowest BCUT2D eigenvalue weighted by Gasteiger charge is -2.06. The number of phenols is 1. The fourth-order valence-electron chi connectivity index (χ4n) is 2.08. The van der Waals surface area contributed by atoms with Gasteiger partial charge in [-0.05, 0) is 43.7 Å². The van der Waals surface area contributed by atoms with Crippen molar-refractivity contribution in [1.82, 2.24) is 5.32 Å². The molecule has 0 unspecified atom stereocenters. The summed E-state index contributed by atoms with van der Waals surface area (Å²) in [6.45, 7) is 5.08. The summed E-state index contributed by atoms with van der Waals surface area (Å²) < 4.78 is 5.47. The number of amides is 1. The molecule has 2 rings (SSSR count). The maximum Gasteiger partial charge on any atom is 0.251 e. The first-order valence-corrected chi connectivity index (χ1v) is 8.02. The van der Waals surface area contributed by atoms with Crippen LogP contribution in [0.15, 0.2) is 47.5 Å². The quantitative estimate of drug-likeness (QED) is 0.762. The third kappa shape index (κ3) is 4.84. The number of nitrogens with zero attached hydrogens (tertiary/aromatic N) is 1. The predicted molar refractivity (Wildman–Crippen MR) is 95.6 cm³/mol. The summed E-state index contributed by atoms with van der Waals surface area (Å²) in [5.74, 6) is 0.604. The van der Waals surface area contributed by atoms with Gasteiger partial charge in [-0.15, -0.1) is 0 Å². The summed E-state index contributed by atoms with van der Waals surface area (Å²) in [5, 5.41) is 12.8. The average molecular weight is 326 g/mol. The molecule has 1 amide bonds. The number of ether oxygens (including phenoxy) is 1. The van der Waals surface area contributed by atoms with Crippen molar-refractivity contribution in [1.29, 1.82) is 0 Å². The molecule has 0 fully saturated rings. The normalized spacial score (nSPS) is 10.8.